The van der Waals surface area contributed by atoms with Gasteiger partial charge in [0, 0.05) is 36.6 Å². The molecular formula is C11H13ClN4. The Morgan fingerprint density at radius 2 is 2.06 bits per heavy atom. The number of anilines is 1. The molecule has 0 saturated carbocycles. The molecule has 1 aromatic heterocycles. The summed E-state index contributed by atoms with van der Waals surface area (Å²) in [6, 6.07) is 5.85. The summed E-state index contributed by atoms with van der Waals surface area (Å²) >= 11 is 5.94. The fraction of sp³-hybridized carbons (Fsp3) is 0.364. The molecule has 0 amide bonds. The molecule has 5 heteroatoms. The highest BCUT2D eigenvalue weighted by Gasteiger charge is 2.15. The lowest BCUT2D eigenvalue weighted by molar-refractivity contribution is 0.585. The third-order valence-corrected chi connectivity index (χ3v) is 3.16. The van der Waals surface area contributed by atoms with Crippen LogP contribution in [0.5, 0.6) is 0 Å². The highest BCUT2D eigenvalue weighted by Crippen LogP contribution is 2.26. The summed E-state index contributed by atoms with van der Waals surface area (Å²) in [6.07, 6.45) is 0. The first kappa shape index (κ1) is 9.93. The monoisotopic (exact) mass is 236 g/mol. The quantitative estimate of drug-likeness (QED) is 0.791. The molecule has 0 atom stereocenters. The van der Waals surface area contributed by atoms with E-state index in [1.165, 1.54) is 0 Å². The van der Waals surface area contributed by atoms with E-state index < -0.39 is 0 Å². The number of rotatable bonds is 1. The van der Waals surface area contributed by atoms with Crippen LogP contribution < -0.4 is 10.2 Å². The number of hydrogen-bond donors (Lipinski definition) is 2. The van der Waals surface area contributed by atoms with Crippen molar-refractivity contribution >= 4 is 28.3 Å². The second kappa shape index (κ2) is 3.96. The first-order valence-corrected chi connectivity index (χ1v) is 5.82. The van der Waals surface area contributed by atoms with Gasteiger partial charge in [0.05, 0.1) is 5.52 Å². The SMILES string of the molecule is Clc1ccc2c(N3CCNCC3)n[nH]c2c1. The van der Waals surface area contributed by atoms with Crippen LogP contribution in [0.3, 0.4) is 0 Å². The van der Waals surface area contributed by atoms with Crippen molar-refractivity contribution in [3.05, 3.63) is 23.2 Å². The Labute approximate surface area is 98.6 Å². The van der Waals surface area contributed by atoms with E-state index in [1.807, 2.05) is 18.2 Å². The molecule has 16 heavy (non-hydrogen) atoms. The number of aromatic nitrogens is 2. The minimum Gasteiger partial charge on any atom is -0.352 e. The van der Waals surface area contributed by atoms with Gasteiger partial charge in [-0.1, -0.05) is 11.6 Å². The standard InChI is InChI=1S/C11H13ClN4/c12-8-1-2-9-10(7-8)14-15-11(9)16-5-3-13-4-6-16/h1-2,7,13H,3-6H2,(H,14,15). The molecule has 0 unspecified atom stereocenters. The van der Waals surface area contributed by atoms with Crippen LogP contribution in [0.25, 0.3) is 10.9 Å². The molecule has 0 bridgehead atoms. The minimum absolute atomic E-state index is 0.739. The van der Waals surface area contributed by atoms with Crippen molar-refractivity contribution in [1.82, 2.24) is 15.5 Å². The lowest BCUT2D eigenvalue weighted by Gasteiger charge is -2.27. The predicted molar refractivity (Wildman–Crippen MR) is 66.2 cm³/mol. The summed E-state index contributed by atoms with van der Waals surface area (Å²) in [5, 5.41) is 12.6. The number of halogens is 1. The Hall–Kier alpha value is -1.26. The molecule has 1 saturated heterocycles. The van der Waals surface area contributed by atoms with Crippen LogP contribution in [0.2, 0.25) is 5.02 Å². The average molecular weight is 237 g/mol. The zero-order valence-corrected chi connectivity index (χ0v) is 9.59. The Morgan fingerprint density at radius 1 is 1.25 bits per heavy atom. The molecule has 1 aliphatic rings. The van der Waals surface area contributed by atoms with E-state index in [0.717, 1.165) is 47.9 Å². The number of aromatic amines is 1. The molecule has 3 rings (SSSR count). The van der Waals surface area contributed by atoms with Crippen LogP contribution in [0.1, 0.15) is 0 Å². The van der Waals surface area contributed by atoms with Gasteiger partial charge in [0.2, 0.25) is 0 Å². The number of piperazine rings is 1. The van der Waals surface area contributed by atoms with Crippen LogP contribution in [-0.4, -0.2) is 36.4 Å². The topological polar surface area (TPSA) is 44.0 Å². The van der Waals surface area contributed by atoms with Crippen LogP contribution >= 0.6 is 11.6 Å². The van der Waals surface area contributed by atoms with Gasteiger partial charge in [-0.15, -0.1) is 0 Å². The summed E-state index contributed by atoms with van der Waals surface area (Å²) in [6.45, 7) is 4.04. The summed E-state index contributed by atoms with van der Waals surface area (Å²) in [4.78, 5) is 2.29. The molecule has 0 aliphatic carbocycles. The normalized spacial score (nSPS) is 16.9. The Balaban J connectivity index is 2.03. The molecule has 1 aromatic carbocycles. The third kappa shape index (κ3) is 1.64. The van der Waals surface area contributed by atoms with E-state index in [-0.39, 0.29) is 0 Å². The zero-order chi connectivity index (χ0) is 11.0. The fourth-order valence-electron chi connectivity index (χ4n) is 2.10. The minimum atomic E-state index is 0.739. The predicted octanol–water partition coefficient (Wildman–Crippen LogP) is 1.63. The van der Waals surface area contributed by atoms with Crippen molar-refractivity contribution < 1.29 is 0 Å². The van der Waals surface area contributed by atoms with Gasteiger partial charge in [-0.05, 0) is 18.2 Å². The summed E-state index contributed by atoms with van der Waals surface area (Å²) in [5.41, 5.74) is 1.00. The van der Waals surface area contributed by atoms with Crippen LogP contribution in [0, 0.1) is 0 Å². The molecule has 2 aromatic rings. The van der Waals surface area contributed by atoms with Crippen molar-refractivity contribution in [2.24, 2.45) is 0 Å². The molecule has 2 heterocycles. The smallest absolute Gasteiger partial charge is 0.158 e. The van der Waals surface area contributed by atoms with Crippen molar-refractivity contribution in [2.45, 2.75) is 0 Å². The van der Waals surface area contributed by atoms with Gasteiger partial charge in [-0.25, -0.2) is 0 Å². The molecule has 1 fully saturated rings. The molecule has 2 N–H and O–H groups in total. The lowest BCUT2D eigenvalue weighted by atomic mass is 10.2. The first-order chi connectivity index (χ1) is 7.84. The van der Waals surface area contributed by atoms with Crippen molar-refractivity contribution in [2.75, 3.05) is 31.1 Å². The summed E-state index contributed by atoms with van der Waals surface area (Å²) in [7, 11) is 0. The van der Waals surface area contributed by atoms with Gasteiger partial charge in [-0.2, -0.15) is 5.10 Å². The van der Waals surface area contributed by atoms with Gasteiger partial charge in [-0.3, -0.25) is 5.10 Å². The fourth-order valence-corrected chi connectivity index (χ4v) is 2.27. The van der Waals surface area contributed by atoms with Crippen LogP contribution in [-0.2, 0) is 0 Å². The van der Waals surface area contributed by atoms with Gasteiger partial charge < -0.3 is 10.2 Å². The van der Waals surface area contributed by atoms with Crippen molar-refractivity contribution in [1.29, 1.82) is 0 Å². The Kier molecular flexibility index (Phi) is 2.46. The van der Waals surface area contributed by atoms with E-state index in [1.54, 1.807) is 0 Å². The molecule has 0 radical (unpaired) electrons. The average Bonchev–Trinajstić information content (AvgIpc) is 2.73. The zero-order valence-electron chi connectivity index (χ0n) is 8.83. The third-order valence-electron chi connectivity index (χ3n) is 2.92. The van der Waals surface area contributed by atoms with Crippen LogP contribution in [0.15, 0.2) is 18.2 Å². The number of nitrogens with zero attached hydrogens (tertiary/aromatic N) is 2. The summed E-state index contributed by atoms with van der Waals surface area (Å²) in [5.74, 6) is 1.04. The number of nitrogens with one attached hydrogen (secondary N) is 2. The number of benzene rings is 1. The van der Waals surface area contributed by atoms with E-state index in [2.05, 4.69) is 20.4 Å². The summed E-state index contributed by atoms with van der Waals surface area (Å²) < 4.78 is 0. The Morgan fingerprint density at radius 3 is 2.88 bits per heavy atom. The van der Waals surface area contributed by atoms with E-state index in [0.29, 0.717) is 0 Å². The largest absolute Gasteiger partial charge is 0.352 e. The van der Waals surface area contributed by atoms with Crippen molar-refractivity contribution in [3.8, 4) is 0 Å². The second-order valence-electron chi connectivity index (χ2n) is 3.97. The highest BCUT2D eigenvalue weighted by atomic mass is 35.5. The van der Waals surface area contributed by atoms with Crippen molar-refractivity contribution in [3.63, 3.8) is 0 Å². The molecule has 4 nitrogen and oxygen atoms in total. The Bertz CT molecular complexity index is 502. The maximum Gasteiger partial charge on any atom is 0.158 e. The maximum atomic E-state index is 5.94. The lowest BCUT2D eigenvalue weighted by Crippen LogP contribution is -2.43. The highest BCUT2D eigenvalue weighted by molar-refractivity contribution is 6.31. The van der Waals surface area contributed by atoms with Gasteiger partial charge in [0.1, 0.15) is 0 Å². The number of H-pyrrole nitrogens is 1. The molecule has 1 aliphatic heterocycles. The molecule has 0 spiro atoms. The first-order valence-electron chi connectivity index (χ1n) is 5.44. The molecular weight excluding hydrogens is 224 g/mol. The maximum absolute atomic E-state index is 5.94. The second-order valence-corrected chi connectivity index (χ2v) is 4.41. The number of hydrogen-bond acceptors (Lipinski definition) is 3. The van der Waals surface area contributed by atoms with Gasteiger partial charge >= 0.3 is 0 Å². The van der Waals surface area contributed by atoms with Gasteiger partial charge in [0.25, 0.3) is 0 Å². The van der Waals surface area contributed by atoms with E-state index >= 15 is 0 Å². The molecule has 84 valence electrons. The van der Waals surface area contributed by atoms with Crippen LogP contribution in [0.4, 0.5) is 5.82 Å². The van der Waals surface area contributed by atoms with E-state index in [9.17, 15) is 0 Å². The van der Waals surface area contributed by atoms with E-state index in [4.69, 9.17) is 11.6 Å². The number of fused-ring (bicyclic) bond motifs is 1. The van der Waals surface area contributed by atoms with Gasteiger partial charge in [0.15, 0.2) is 5.82 Å².